The first kappa shape index (κ1) is 21.5. The van der Waals surface area contributed by atoms with Crippen LogP contribution in [0.4, 0.5) is 0 Å². The minimum Gasteiger partial charge on any atom is -0.453 e. The van der Waals surface area contributed by atoms with Crippen molar-refractivity contribution in [3.63, 3.8) is 0 Å². The average molecular weight is 428 g/mol. The highest BCUT2D eigenvalue weighted by molar-refractivity contribution is 5.83. The quantitative estimate of drug-likeness (QED) is 0.657. The first-order chi connectivity index (χ1) is 14.8. The lowest BCUT2D eigenvalue weighted by Crippen LogP contribution is -2.51. The summed E-state index contributed by atoms with van der Waals surface area (Å²) >= 11 is 0. The smallest absolute Gasteiger partial charge is 0.307 e. The van der Waals surface area contributed by atoms with Crippen molar-refractivity contribution in [1.82, 2.24) is 14.5 Å². The molecule has 4 rings (SSSR count). The summed E-state index contributed by atoms with van der Waals surface area (Å²) in [6.07, 6.45) is 1.29. The molecule has 8 nitrogen and oxygen atoms in total. The number of fused-ring (bicyclic) bond motifs is 1. The van der Waals surface area contributed by atoms with Gasteiger partial charge in [0.25, 0.3) is 11.5 Å². The van der Waals surface area contributed by atoms with E-state index in [4.69, 9.17) is 9.47 Å². The SMILES string of the molecule is CC1CN(C(=O)C(C)OC(=O)CCc2nc3ccccc3c(=O)n2C2CC2)CC(C)O1. The Balaban J connectivity index is 1.41. The molecule has 3 atom stereocenters. The number of morpholine rings is 1. The molecule has 1 amide bonds. The van der Waals surface area contributed by atoms with Gasteiger partial charge in [0.15, 0.2) is 6.10 Å². The highest BCUT2D eigenvalue weighted by Crippen LogP contribution is 2.35. The first-order valence-electron chi connectivity index (χ1n) is 11.0. The van der Waals surface area contributed by atoms with E-state index in [1.54, 1.807) is 28.5 Å². The molecule has 1 saturated heterocycles. The Kier molecular flexibility index (Phi) is 6.09. The summed E-state index contributed by atoms with van der Waals surface area (Å²) in [6.45, 7) is 6.41. The molecule has 2 aliphatic rings. The maximum atomic E-state index is 12.9. The number of amides is 1. The van der Waals surface area contributed by atoms with Crippen LogP contribution >= 0.6 is 0 Å². The number of aryl methyl sites for hydroxylation is 1. The normalized spacial score (nSPS) is 22.4. The minimum atomic E-state index is -0.861. The van der Waals surface area contributed by atoms with E-state index >= 15 is 0 Å². The maximum Gasteiger partial charge on any atom is 0.307 e. The predicted octanol–water partition coefficient (Wildman–Crippen LogP) is 2.23. The van der Waals surface area contributed by atoms with Gasteiger partial charge in [-0.15, -0.1) is 0 Å². The van der Waals surface area contributed by atoms with E-state index in [1.807, 2.05) is 26.0 Å². The van der Waals surface area contributed by atoms with E-state index in [9.17, 15) is 14.4 Å². The van der Waals surface area contributed by atoms with Crippen molar-refractivity contribution in [3.8, 4) is 0 Å². The van der Waals surface area contributed by atoms with Gasteiger partial charge in [0.1, 0.15) is 5.82 Å². The number of aromatic nitrogens is 2. The Labute approximate surface area is 181 Å². The molecule has 166 valence electrons. The Hall–Kier alpha value is -2.74. The molecular weight excluding hydrogens is 398 g/mol. The van der Waals surface area contributed by atoms with E-state index in [-0.39, 0.29) is 36.1 Å². The van der Waals surface area contributed by atoms with Gasteiger partial charge in [-0.05, 0) is 45.7 Å². The number of nitrogens with zero attached hydrogens (tertiary/aromatic N) is 3. The molecule has 1 aliphatic heterocycles. The van der Waals surface area contributed by atoms with Crippen molar-refractivity contribution in [1.29, 1.82) is 0 Å². The molecule has 31 heavy (non-hydrogen) atoms. The highest BCUT2D eigenvalue weighted by atomic mass is 16.5. The maximum absolute atomic E-state index is 12.9. The summed E-state index contributed by atoms with van der Waals surface area (Å²) in [5, 5.41) is 0.592. The monoisotopic (exact) mass is 427 g/mol. The van der Waals surface area contributed by atoms with Crippen LogP contribution in [0, 0.1) is 0 Å². The third-order valence-electron chi connectivity index (χ3n) is 5.73. The molecule has 1 saturated carbocycles. The van der Waals surface area contributed by atoms with Crippen LogP contribution in [0.3, 0.4) is 0 Å². The second-order valence-corrected chi connectivity index (χ2v) is 8.58. The first-order valence-corrected chi connectivity index (χ1v) is 11.0. The van der Waals surface area contributed by atoms with Crippen LogP contribution in [0.2, 0.25) is 0 Å². The average Bonchev–Trinajstić information content (AvgIpc) is 3.56. The number of carbonyl (C=O) groups is 2. The summed E-state index contributed by atoms with van der Waals surface area (Å²) < 4.78 is 12.8. The van der Waals surface area contributed by atoms with Crippen molar-refractivity contribution in [3.05, 3.63) is 40.4 Å². The van der Waals surface area contributed by atoms with Crippen LogP contribution in [-0.2, 0) is 25.5 Å². The van der Waals surface area contributed by atoms with Crippen molar-refractivity contribution < 1.29 is 19.1 Å². The fourth-order valence-electron chi connectivity index (χ4n) is 4.21. The van der Waals surface area contributed by atoms with Crippen molar-refractivity contribution in [2.75, 3.05) is 13.1 Å². The van der Waals surface area contributed by atoms with Gasteiger partial charge >= 0.3 is 5.97 Å². The van der Waals surface area contributed by atoms with Gasteiger partial charge in [-0.1, -0.05) is 12.1 Å². The van der Waals surface area contributed by atoms with Gasteiger partial charge in [0.05, 0.1) is 29.5 Å². The van der Waals surface area contributed by atoms with Crippen LogP contribution in [0.5, 0.6) is 0 Å². The third-order valence-corrected chi connectivity index (χ3v) is 5.73. The topological polar surface area (TPSA) is 90.7 Å². The fourth-order valence-corrected chi connectivity index (χ4v) is 4.21. The molecule has 2 heterocycles. The highest BCUT2D eigenvalue weighted by Gasteiger charge is 2.31. The molecule has 0 radical (unpaired) electrons. The molecule has 2 aromatic rings. The molecular formula is C23H29N3O5. The van der Waals surface area contributed by atoms with Gasteiger partial charge in [-0.3, -0.25) is 19.0 Å². The number of ether oxygens (including phenoxy) is 2. The lowest BCUT2D eigenvalue weighted by atomic mass is 10.2. The molecule has 0 bridgehead atoms. The van der Waals surface area contributed by atoms with E-state index in [0.29, 0.717) is 36.2 Å². The number of carbonyl (C=O) groups excluding carboxylic acids is 2. The zero-order valence-corrected chi connectivity index (χ0v) is 18.2. The van der Waals surface area contributed by atoms with E-state index in [0.717, 1.165) is 12.8 Å². The summed E-state index contributed by atoms with van der Waals surface area (Å²) in [7, 11) is 0. The van der Waals surface area contributed by atoms with E-state index in [1.165, 1.54) is 0 Å². The zero-order valence-electron chi connectivity index (χ0n) is 18.2. The number of hydrogen-bond donors (Lipinski definition) is 0. The van der Waals surface area contributed by atoms with Crippen molar-refractivity contribution in [2.24, 2.45) is 0 Å². The number of esters is 1. The van der Waals surface area contributed by atoms with Gasteiger partial charge in [-0.25, -0.2) is 4.98 Å². The standard InChI is InChI=1S/C23H29N3O5/c1-14-12-25(13-15(2)30-14)22(28)16(3)31-21(27)11-10-20-24-19-7-5-4-6-18(19)23(29)26(20)17-8-9-17/h4-7,14-17H,8-13H2,1-3H3. The summed E-state index contributed by atoms with van der Waals surface area (Å²) in [5.41, 5.74) is 0.572. The van der Waals surface area contributed by atoms with E-state index in [2.05, 4.69) is 4.98 Å². The summed E-state index contributed by atoms with van der Waals surface area (Å²) in [4.78, 5) is 44.4. The number of hydrogen-bond acceptors (Lipinski definition) is 6. The zero-order chi connectivity index (χ0) is 22.1. The van der Waals surface area contributed by atoms with Gasteiger partial charge in [0.2, 0.25) is 0 Å². The van der Waals surface area contributed by atoms with E-state index < -0.39 is 12.1 Å². The van der Waals surface area contributed by atoms with Gasteiger partial charge < -0.3 is 14.4 Å². The van der Waals surface area contributed by atoms with Crippen LogP contribution in [0.25, 0.3) is 10.9 Å². The molecule has 0 N–H and O–H groups in total. The molecule has 1 aromatic heterocycles. The number of benzene rings is 1. The van der Waals surface area contributed by atoms with Crippen LogP contribution < -0.4 is 5.56 Å². The van der Waals surface area contributed by atoms with Gasteiger partial charge in [-0.2, -0.15) is 0 Å². The second kappa shape index (κ2) is 8.78. The van der Waals surface area contributed by atoms with Crippen molar-refractivity contribution in [2.45, 2.75) is 70.8 Å². The Morgan fingerprint density at radius 1 is 1.19 bits per heavy atom. The lowest BCUT2D eigenvalue weighted by molar-refractivity contribution is -0.164. The second-order valence-electron chi connectivity index (χ2n) is 8.58. The predicted molar refractivity (Wildman–Crippen MR) is 115 cm³/mol. The molecule has 1 aromatic carbocycles. The van der Waals surface area contributed by atoms with Crippen LogP contribution in [-0.4, -0.2) is 57.7 Å². The van der Waals surface area contributed by atoms with Crippen molar-refractivity contribution >= 4 is 22.8 Å². The minimum absolute atomic E-state index is 0.0475. The van der Waals surface area contributed by atoms with Crippen LogP contribution in [0.15, 0.2) is 29.1 Å². The molecule has 0 spiro atoms. The molecule has 3 unspecified atom stereocenters. The summed E-state index contributed by atoms with van der Waals surface area (Å²) in [5.74, 6) is -0.0908. The number of rotatable bonds is 6. The molecule has 8 heteroatoms. The van der Waals surface area contributed by atoms with Gasteiger partial charge in [0, 0.05) is 25.6 Å². The lowest BCUT2D eigenvalue weighted by Gasteiger charge is -2.36. The summed E-state index contributed by atoms with van der Waals surface area (Å²) in [6, 6.07) is 7.41. The Morgan fingerprint density at radius 3 is 2.55 bits per heavy atom. The Morgan fingerprint density at radius 2 is 1.87 bits per heavy atom. The number of para-hydroxylation sites is 1. The fraction of sp³-hybridized carbons (Fsp3) is 0.565. The molecule has 2 fully saturated rings. The largest absolute Gasteiger partial charge is 0.453 e. The van der Waals surface area contributed by atoms with Crippen LogP contribution in [0.1, 0.15) is 51.9 Å². The molecule has 1 aliphatic carbocycles. The third kappa shape index (κ3) is 4.79. The Bertz CT molecular complexity index is 1040.